The van der Waals surface area contributed by atoms with Crippen molar-refractivity contribution in [2.45, 2.75) is 13.0 Å². The van der Waals surface area contributed by atoms with Gasteiger partial charge in [-0.2, -0.15) is 0 Å². The summed E-state index contributed by atoms with van der Waals surface area (Å²) in [7, 11) is 1.68. The van der Waals surface area contributed by atoms with Crippen molar-refractivity contribution in [1.29, 1.82) is 0 Å². The fraction of sp³-hybridized carbons (Fsp3) is 0.300. The summed E-state index contributed by atoms with van der Waals surface area (Å²) in [5, 5.41) is 5.56. The Labute approximate surface area is 162 Å². The number of ether oxygens (including phenoxy) is 2. The van der Waals surface area contributed by atoms with E-state index in [1.54, 1.807) is 11.9 Å². The van der Waals surface area contributed by atoms with E-state index in [2.05, 4.69) is 10.6 Å². The molecule has 7 nitrogen and oxygen atoms in total. The Morgan fingerprint density at radius 1 is 1.07 bits per heavy atom. The third-order valence-corrected chi connectivity index (χ3v) is 4.23. The van der Waals surface area contributed by atoms with Crippen LogP contribution in [0, 0.1) is 5.82 Å². The molecule has 2 amide bonds. The molecule has 0 spiro atoms. The van der Waals surface area contributed by atoms with Gasteiger partial charge >= 0.3 is 0 Å². The normalized spacial score (nSPS) is 13.3. The summed E-state index contributed by atoms with van der Waals surface area (Å²) in [5.74, 6) is 0.485. The number of amides is 2. The first-order valence-corrected chi connectivity index (χ1v) is 8.83. The Balaban J connectivity index is 1.45. The van der Waals surface area contributed by atoms with Crippen molar-refractivity contribution in [2.24, 2.45) is 0 Å². The van der Waals surface area contributed by atoms with Crippen molar-refractivity contribution >= 4 is 17.5 Å². The molecule has 0 aromatic heterocycles. The number of nitrogens with zero attached hydrogens (tertiary/aromatic N) is 1. The summed E-state index contributed by atoms with van der Waals surface area (Å²) >= 11 is 0. The molecule has 0 bridgehead atoms. The molecule has 0 saturated heterocycles. The number of carbonyl (C=O) groups is 2. The highest BCUT2D eigenvalue weighted by Gasteiger charge is 2.18. The van der Waals surface area contributed by atoms with E-state index in [-0.39, 0.29) is 43.6 Å². The lowest BCUT2D eigenvalue weighted by molar-refractivity contribution is -0.123. The largest absolute Gasteiger partial charge is 0.454 e. The summed E-state index contributed by atoms with van der Waals surface area (Å²) < 4.78 is 23.5. The third-order valence-electron chi connectivity index (χ3n) is 4.23. The number of hydrogen-bond donors (Lipinski definition) is 2. The van der Waals surface area contributed by atoms with E-state index in [0.717, 1.165) is 5.56 Å². The monoisotopic (exact) mass is 387 g/mol. The van der Waals surface area contributed by atoms with E-state index in [4.69, 9.17) is 9.47 Å². The number of benzene rings is 2. The van der Waals surface area contributed by atoms with E-state index in [1.807, 2.05) is 25.1 Å². The minimum atomic E-state index is -0.372. The van der Waals surface area contributed by atoms with Crippen molar-refractivity contribution in [1.82, 2.24) is 10.2 Å². The van der Waals surface area contributed by atoms with Gasteiger partial charge in [-0.25, -0.2) is 4.39 Å². The summed E-state index contributed by atoms with van der Waals surface area (Å²) in [6.07, 6.45) is 0. The van der Waals surface area contributed by atoms with Crippen molar-refractivity contribution in [3.63, 3.8) is 0 Å². The molecule has 2 N–H and O–H groups in total. The van der Waals surface area contributed by atoms with Gasteiger partial charge in [-0.3, -0.25) is 14.5 Å². The summed E-state index contributed by atoms with van der Waals surface area (Å²) in [5.41, 5.74) is 1.40. The van der Waals surface area contributed by atoms with Gasteiger partial charge in [-0.05, 0) is 55.9 Å². The first kappa shape index (κ1) is 19.6. The lowest BCUT2D eigenvalue weighted by atomic mass is 10.1. The number of likely N-dealkylation sites (N-methyl/N-ethyl adjacent to an activating group) is 1. The highest BCUT2D eigenvalue weighted by molar-refractivity contribution is 5.92. The van der Waals surface area contributed by atoms with Crippen LogP contribution in [-0.4, -0.2) is 43.6 Å². The number of halogens is 1. The zero-order chi connectivity index (χ0) is 20.1. The molecule has 2 aromatic rings. The molecule has 2 aromatic carbocycles. The van der Waals surface area contributed by atoms with Crippen molar-refractivity contribution < 1.29 is 23.5 Å². The minimum absolute atomic E-state index is 0.0310. The summed E-state index contributed by atoms with van der Waals surface area (Å²) in [6, 6.07) is 10.8. The van der Waals surface area contributed by atoms with Gasteiger partial charge in [0.1, 0.15) is 5.82 Å². The van der Waals surface area contributed by atoms with Gasteiger partial charge in [0.2, 0.25) is 18.6 Å². The lowest BCUT2D eigenvalue weighted by Gasteiger charge is -2.19. The second kappa shape index (κ2) is 8.71. The molecule has 0 aliphatic carbocycles. The Morgan fingerprint density at radius 2 is 1.75 bits per heavy atom. The maximum Gasteiger partial charge on any atom is 0.238 e. The van der Waals surface area contributed by atoms with Crippen molar-refractivity contribution in [2.75, 3.05) is 32.2 Å². The van der Waals surface area contributed by atoms with Gasteiger partial charge in [-0.15, -0.1) is 0 Å². The van der Waals surface area contributed by atoms with Gasteiger partial charge in [-0.1, -0.05) is 6.07 Å². The average Bonchev–Trinajstić information content (AvgIpc) is 3.10. The smallest absolute Gasteiger partial charge is 0.238 e. The van der Waals surface area contributed by atoms with Crippen LogP contribution in [0.4, 0.5) is 10.1 Å². The fourth-order valence-corrected chi connectivity index (χ4v) is 2.83. The number of hydrogen-bond acceptors (Lipinski definition) is 5. The summed E-state index contributed by atoms with van der Waals surface area (Å²) in [6.45, 7) is 2.16. The van der Waals surface area contributed by atoms with Gasteiger partial charge in [0, 0.05) is 5.69 Å². The Bertz CT molecular complexity index is 857. The van der Waals surface area contributed by atoms with Crippen LogP contribution in [-0.2, 0) is 9.59 Å². The predicted octanol–water partition coefficient (Wildman–Crippen LogP) is 2.30. The molecule has 8 heteroatoms. The van der Waals surface area contributed by atoms with Crippen LogP contribution < -0.4 is 20.1 Å². The van der Waals surface area contributed by atoms with Gasteiger partial charge in [0.15, 0.2) is 11.5 Å². The van der Waals surface area contributed by atoms with E-state index < -0.39 is 0 Å². The number of carbonyl (C=O) groups excluding carboxylic acids is 2. The standard InChI is InChI=1S/C20H22FN3O4/c1-13(14-3-8-17-18(9-14)28-12-27-17)22-19(25)10-24(2)11-20(26)23-16-6-4-15(21)5-7-16/h3-9,13H,10-12H2,1-2H3,(H,22,25)(H,23,26)/t13-/m1/s1. The van der Waals surface area contributed by atoms with Crippen molar-refractivity contribution in [3.05, 3.63) is 53.8 Å². The van der Waals surface area contributed by atoms with Gasteiger partial charge < -0.3 is 20.1 Å². The predicted molar refractivity (Wildman–Crippen MR) is 102 cm³/mol. The van der Waals surface area contributed by atoms with Crippen LogP contribution in [0.15, 0.2) is 42.5 Å². The number of anilines is 1. The molecule has 1 heterocycles. The molecule has 3 rings (SSSR count). The number of rotatable bonds is 7. The second-order valence-electron chi connectivity index (χ2n) is 6.63. The number of nitrogens with one attached hydrogen (secondary N) is 2. The maximum atomic E-state index is 12.9. The average molecular weight is 387 g/mol. The van der Waals surface area contributed by atoms with Crippen LogP contribution in [0.3, 0.4) is 0 Å². The lowest BCUT2D eigenvalue weighted by Crippen LogP contribution is -2.39. The maximum absolute atomic E-state index is 12.9. The van der Waals surface area contributed by atoms with Crippen LogP contribution >= 0.6 is 0 Å². The zero-order valence-corrected chi connectivity index (χ0v) is 15.7. The van der Waals surface area contributed by atoms with Gasteiger partial charge in [0.05, 0.1) is 19.1 Å². The SMILES string of the molecule is C[C@@H](NC(=O)CN(C)CC(=O)Nc1ccc(F)cc1)c1ccc2c(c1)OCO2. The molecule has 28 heavy (non-hydrogen) atoms. The minimum Gasteiger partial charge on any atom is -0.454 e. The molecule has 1 aliphatic rings. The van der Waals surface area contributed by atoms with Crippen molar-refractivity contribution in [3.8, 4) is 11.5 Å². The highest BCUT2D eigenvalue weighted by Crippen LogP contribution is 2.34. The zero-order valence-electron chi connectivity index (χ0n) is 15.7. The quantitative estimate of drug-likeness (QED) is 0.762. The first-order valence-electron chi connectivity index (χ1n) is 8.83. The molecule has 0 fully saturated rings. The molecule has 0 unspecified atom stereocenters. The third kappa shape index (κ3) is 5.20. The van der Waals surface area contributed by atoms with Crippen LogP contribution in [0.5, 0.6) is 11.5 Å². The van der Waals surface area contributed by atoms with E-state index >= 15 is 0 Å². The second-order valence-corrected chi connectivity index (χ2v) is 6.63. The van der Waals surface area contributed by atoms with E-state index in [9.17, 15) is 14.0 Å². The fourth-order valence-electron chi connectivity index (χ4n) is 2.83. The van der Waals surface area contributed by atoms with Crippen LogP contribution in [0.25, 0.3) is 0 Å². The molecule has 0 saturated carbocycles. The van der Waals surface area contributed by atoms with Gasteiger partial charge in [0.25, 0.3) is 0 Å². The molecule has 148 valence electrons. The Kier molecular flexibility index (Phi) is 6.10. The highest BCUT2D eigenvalue weighted by atomic mass is 19.1. The van der Waals surface area contributed by atoms with Crippen LogP contribution in [0.2, 0.25) is 0 Å². The molecule has 1 aliphatic heterocycles. The van der Waals surface area contributed by atoms with E-state index in [1.165, 1.54) is 24.3 Å². The van der Waals surface area contributed by atoms with Crippen LogP contribution in [0.1, 0.15) is 18.5 Å². The Hall–Kier alpha value is -3.13. The molecule has 1 atom stereocenters. The Morgan fingerprint density at radius 3 is 2.50 bits per heavy atom. The molecule has 0 radical (unpaired) electrons. The first-order chi connectivity index (χ1) is 13.4. The number of fused-ring (bicyclic) bond motifs is 1. The topological polar surface area (TPSA) is 79.9 Å². The summed E-state index contributed by atoms with van der Waals surface area (Å²) in [4.78, 5) is 25.9. The molecular weight excluding hydrogens is 365 g/mol. The van der Waals surface area contributed by atoms with E-state index in [0.29, 0.717) is 17.2 Å². The molecular formula is C20H22FN3O4.